The summed E-state index contributed by atoms with van der Waals surface area (Å²) in [6.45, 7) is 1.47. The molecule has 1 saturated carbocycles. The molecule has 2 rings (SSSR count). The zero-order chi connectivity index (χ0) is 13.3. The minimum atomic E-state index is -4.30. The quantitative estimate of drug-likeness (QED) is 0.895. The van der Waals surface area contributed by atoms with Gasteiger partial charge in [-0.05, 0) is 37.5 Å². The average molecular weight is 259 g/mol. The summed E-state index contributed by atoms with van der Waals surface area (Å²) in [5.74, 6) is 0. The Morgan fingerprint density at radius 3 is 2.50 bits per heavy atom. The van der Waals surface area contributed by atoms with Gasteiger partial charge in [0.15, 0.2) is 0 Å². The minimum Gasteiger partial charge on any atom is -0.382 e. The van der Waals surface area contributed by atoms with Crippen molar-refractivity contribution in [2.24, 2.45) is 0 Å². The van der Waals surface area contributed by atoms with Crippen molar-refractivity contribution in [2.45, 2.75) is 38.1 Å². The van der Waals surface area contributed by atoms with E-state index in [0.29, 0.717) is 5.69 Å². The van der Waals surface area contributed by atoms with Crippen molar-refractivity contribution in [1.82, 2.24) is 0 Å². The van der Waals surface area contributed by atoms with Crippen molar-refractivity contribution >= 4 is 5.69 Å². The van der Waals surface area contributed by atoms with Gasteiger partial charge in [0.25, 0.3) is 0 Å². The van der Waals surface area contributed by atoms with Crippen molar-refractivity contribution < 1.29 is 17.9 Å². The highest BCUT2D eigenvalue weighted by Gasteiger charge is 2.33. The molecule has 0 aliphatic heterocycles. The van der Waals surface area contributed by atoms with Crippen LogP contribution in [-0.4, -0.2) is 19.3 Å². The maximum atomic E-state index is 12.7. The van der Waals surface area contributed by atoms with Crippen LogP contribution < -0.4 is 5.32 Å². The first-order valence-electron chi connectivity index (χ1n) is 5.87. The standard InChI is InChI=1S/C13H16F3NO/c1-8-3-4-9(7-12(8)13(14,15)16)17-10-5-11(6-10)18-2/h3-4,7,10-11,17H,5-6H2,1-2H3. The van der Waals surface area contributed by atoms with Gasteiger partial charge in [0, 0.05) is 18.8 Å². The molecule has 0 spiro atoms. The number of alkyl halides is 3. The van der Waals surface area contributed by atoms with E-state index in [2.05, 4.69) is 5.32 Å². The van der Waals surface area contributed by atoms with Gasteiger partial charge >= 0.3 is 6.18 Å². The number of hydrogen-bond donors (Lipinski definition) is 1. The maximum Gasteiger partial charge on any atom is 0.416 e. The van der Waals surface area contributed by atoms with Crippen molar-refractivity contribution in [1.29, 1.82) is 0 Å². The molecule has 18 heavy (non-hydrogen) atoms. The van der Waals surface area contributed by atoms with Gasteiger partial charge in [-0.1, -0.05) is 6.07 Å². The first kappa shape index (κ1) is 13.2. The number of rotatable bonds is 3. The minimum absolute atomic E-state index is 0.207. The molecule has 100 valence electrons. The van der Waals surface area contributed by atoms with E-state index in [9.17, 15) is 13.2 Å². The lowest BCUT2D eigenvalue weighted by atomic mass is 9.89. The molecule has 0 amide bonds. The van der Waals surface area contributed by atoms with Crippen LogP contribution in [0.3, 0.4) is 0 Å². The monoisotopic (exact) mass is 259 g/mol. The highest BCUT2D eigenvalue weighted by Crippen LogP contribution is 2.34. The van der Waals surface area contributed by atoms with Crippen LogP contribution in [0.15, 0.2) is 18.2 Å². The Bertz CT molecular complexity index is 425. The first-order valence-corrected chi connectivity index (χ1v) is 5.87. The van der Waals surface area contributed by atoms with E-state index >= 15 is 0 Å². The van der Waals surface area contributed by atoms with E-state index in [4.69, 9.17) is 4.74 Å². The SMILES string of the molecule is COC1CC(Nc2ccc(C)c(C(F)(F)F)c2)C1. The number of halogens is 3. The Hall–Kier alpha value is -1.23. The van der Waals surface area contributed by atoms with Gasteiger partial charge in [-0.25, -0.2) is 0 Å². The number of aryl methyl sites for hydroxylation is 1. The number of benzene rings is 1. The number of ether oxygens (including phenoxy) is 1. The van der Waals surface area contributed by atoms with Crippen LogP contribution in [-0.2, 0) is 10.9 Å². The zero-order valence-electron chi connectivity index (χ0n) is 10.3. The summed E-state index contributed by atoms with van der Waals surface area (Å²) in [6, 6.07) is 4.57. The Labute approximate surface area is 104 Å². The molecule has 0 aromatic heterocycles. The molecule has 0 radical (unpaired) electrons. The smallest absolute Gasteiger partial charge is 0.382 e. The molecule has 1 aliphatic rings. The lowest BCUT2D eigenvalue weighted by Crippen LogP contribution is -2.40. The Morgan fingerprint density at radius 2 is 1.94 bits per heavy atom. The second kappa shape index (κ2) is 4.80. The zero-order valence-corrected chi connectivity index (χ0v) is 10.3. The van der Waals surface area contributed by atoms with Crippen LogP contribution in [0.5, 0.6) is 0 Å². The fraction of sp³-hybridized carbons (Fsp3) is 0.538. The Morgan fingerprint density at radius 1 is 1.28 bits per heavy atom. The lowest BCUT2D eigenvalue weighted by molar-refractivity contribution is -0.138. The van der Waals surface area contributed by atoms with Crippen molar-refractivity contribution in [3.63, 3.8) is 0 Å². The molecule has 1 N–H and O–H groups in total. The predicted octanol–water partition coefficient (Wildman–Crippen LogP) is 3.60. The number of methoxy groups -OCH3 is 1. The largest absolute Gasteiger partial charge is 0.416 e. The van der Waals surface area contributed by atoms with E-state index in [-0.39, 0.29) is 17.7 Å². The molecule has 0 unspecified atom stereocenters. The van der Waals surface area contributed by atoms with Crippen LogP contribution in [0.25, 0.3) is 0 Å². The second-order valence-corrected chi connectivity index (χ2v) is 4.70. The second-order valence-electron chi connectivity index (χ2n) is 4.70. The van der Waals surface area contributed by atoms with Gasteiger partial charge < -0.3 is 10.1 Å². The Kier molecular flexibility index (Phi) is 3.52. The molecular weight excluding hydrogens is 243 g/mol. The molecule has 1 aliphatic carbocycles. The molecule has 0 saturated heterocycles. The van der Waals surface area contributed by atoms with Gasteiger partial charge in [-0.2, -0.15) is 13.2 Å². The molecule has 0 bridgehead atoms. The molecule has 1 fully saturated rings. The molecule has 0 heterocycles. The summed E-state index contributed by atoms with van der Waals surface area (Å²) in [7, 11) is 1.65. The first-order chi connectivity index (χ1) is 8.40. The third-order valence-corrected chi connectivity index (χ3v) is 3.34. The predicted molar refractivity (Wildman–Crippen MR) is 63.6 cm³/mol. The van der Waals surface area contributed by atoms with Crippen molar-refractivity contribution in [2.75, 3.05) is 12.4 Å². The van der Waals surface area contributed by atoms with Gasteiger partial charge in [0.05, 0.1) is 11.7 Å². The molecule has 2 nitrogen and oxygen atoms in total. The Balaban J connectivity index is 2.06. The molecule has 5 heteroatoms. The summed E-state index contributed by atoms with van der Waals surface area (Å²) in [4.78, 5) is 0. The van der Waals surface area contributed by atoms with E-state index in [1.165, 1.54) is 19.1 Å². The van der Waals surface area contributed by atoms with Crippen molar-refractivity contribution in [3.8, 4) is 0 Å². The summed E-state index contributed by atoms with van der Waals surface area (Å²) >= 11 is 0. The van der Waals surface area contributed by atoms with Crippen LogP contribution in [0.1, 0.15) is 24.0 Å². The summed E-state index contributed by atoms with van der Waals surface area (Å²) < 4.78 is 43.3. The third kappa shape index (κ3) is 2.77. The van der Waals surface area contributed by atoms with Crippen LogP contribution in [0, 0.1) is 6.92 Å². The van der Waals surface area contributed by atoms with Crippen molar-refractivity contribution in [3.05, 3.63) is 29.3 Å². The number of nitrogens with one attached hydrogen (secondary N) is 1. The maximum absolute atomic E-state index is 12.7. The third-order valence-electron chi connectivity index (χ3n) is 3.34. The van der Waals surface area contributed by atoms with Gasteiger partial charge in [0.2, 0.25) is 0 Å². The average Bonchev–Trinajstić information content (AvgIpc) is 2.23. The summed E-state index contributed by atoms with van der Waals surface area (Å²) in [6.07, 6.45) is -2.39. The molecule has 0 atom stereocenters. The van der Waals surface area contributed by atoms with E-state index in [0.717, 1.165) is 12.8 Å². The summed E-state index contributed by atoms with van der Waals surface area (Å²) in [5, 5.41) is 3.10. The fourth-order valence-corrected chi connectivity index (χ4v) is 2.13. The highest BCUT2D eigenvalue weighted by atomic mass is 19.4. The van der Waals surface area contributed by atoms with E-state index < -0.39 is 11.7 Å². The fourth-order valence-electron chi connectivity index (χ4n) is 2.13. The van der Waals surface area contributed by atoms with Gasteiger partial charge in [0.1, 0.15) is 0 Å². The number of hydrogen-bond acceptors (Lipinski definition) is 2. The number of anilines is 1. The highest BCUT2D eigenvalue weighted by molar-refractivity contribution is 5.50. The van der Waals surface area contributed by atoms with Crippen LogP contribution in [0.4, 0.5) is 18.9 Å². The van der Waals surface area contributed by atoms with Crippen LogP contribution in [0.2, 0.25) is 0 Å². The van der Waals surface area contributed by atoms with E-state index in [1.54, 1.807) is 13.2 Å². The van der Waals surface area contributed by atoms with Gasteiger partial charge in [-0.3, -0.25) is 0 Å². The lowest BCUT2D eigenvalue weighted by Gasteiger charge is -2.35. The van der Waals surface area contributed by atoms with Gasteiger partial charge in [-0.15, -0.1) is 0 Å². The topological polar surface area (TPSA) is 21.3 Å². The normalized spacial score (nSPS) is 23.6. The van der Waals surface area contributed by atoms with Crippen LogP contribution >= 0.6 is 0 Å². The molecular formula is C13H16F3NO. The van der Waals surface area contributed by atoms with E-state index in [1.807, 2.05) is 0 Å². The molecule has 1 aromatic rings. The summed E-state index contributed by atoms with van der Waals surface area (Å²) in [5.41, 5.74) is 0.194. The molecule has 1 aromatic carbocycles.